The van der Waals surface area contributed by atoms with Crippen LogP contribution >= 0.6 is 8.25 Å². The predicted molar refractivity (Wildman–Crippen MR) is 46.1 cm³/mol. The van der Waals surface area contributed by atoms with Gasteiger partial charge in [-0.1, -0.05) is 0 Å². The van der Waals surface area contributed by atoms with Crippen molar-refractivity contribution in [1.29, 1.82) is 0 Å². The topological polar surface area (TPSA) is 137 Å². The van der Waals surface area contributed by atoms with Gasteiger partial charge in [0.1, 0.15) is 24.4 Å². The summed E-state index contributed by atoms with van der Waals surface area (Å²) in [4.78, 5) is 8.46. The molecule has 0 bridgehead atoms. The molecule has 15 heavy (non-hydrogen) atoms. The van der Waals surface area contributed by atoms with Gasteiger partial charge in [-0.15, -0.1) is 0 Å². The smallest absolute Gasteiger partial charge is 0.318 e. The molecular weight excluding hydrogens is 231 g/mol. The summed E-state index contributed by atoms with van der Waals surface area (Å²) in [5.41, 5.74) is 0. The minimum atomic E-state index is -3.35. The maximum atomic E-state index is 10.4. The van der Waals surface area contributed by atoms with Gasteiger partial charge in [0.05, 0.1) is 6.61 Å². The van der Waals surface area contributed by atoms with Crippen LogP contribution in [0.15, 0.2) is 0 Å². The largest absolute Gasteiger partial charge is 0.394 e. The lowest BCUT2D eigenvalue weighted by Crippen LogP contribution is -2.58. The first kappa shape index (κ1) is 13.0. The van der Waals surface area contributed by atoms with Crippen molar-refractivity contribution < 1.29 is 39.1 Å². The Bertz CT molecular complexity index is 233. The maximum absolute atomic E-state index is 10.4. The third-order valence-electron chi connectivity index (χ3n) is 2.07. The second-order valence-corrected chi connectivity index (χ2v) is 3.85. The molecule has 1 fully saturated rings. The second-order valence-electron chi connectivity index (χ2n) is 3.08. The highest BCUT2D eigenvalue weighted by molar-refractivity contribution is 7.32. The molecular formula is C6H13O8P. The molecule has 0 radical (unpaired) electrons. The Hall–Kier alpha value is -0.0500. The SMILES string of the molecule is O=[PH](O)OC1O[C@H](CO)[C@@H](O)[C@H](O)[C@@H]1O. The van der Waals surface area contributed by atoms with E-state index in [1.807, 2.05) is 0 Å². The quantitative estimate of drug-likeness (QED) is 0.335. The van der Waals surface area contributed by atoms with Crippen molar-refractivity contribution in [2.45, 2.75) is 30.7 Å². The molecule has 2 unspecified atom stereocenters. The number of hydrogen-bond donors (Lipinski definition) is 5. The summed E-state index contributed by atoms with van der Waals surface area (Å²) in [6, 6.07) is 0. The summed E-state index contributed by atoms with van der Waals surface area (Å²) in [7, 11) is -3.35. The molecule has 5 N–H and O–H groups in total. The fraction of sp³-hybridized carbons (Fsp3) is 1.00. The minimum absolute atomic E-state index is 0.614. The van der Waals surface area contributed by atoms with Crippen molar-refractivity contribution in [1.82, 2.24) is 0 Å². The van der Waals surface area contributed by atoms with Crippen molar-refractivity contribution in [3.8, 4) is 0 Å². The molecule has 8 nitrogen and oxygen atoms in total. The molecule has 0 saturated carbocycles. The van der Waals surface area contributed by atoms with Gasteiger partial charge in [-0.3, -0.25) is 9.09 Å². The second kappa shape index (κ2) is 5.33. The highest BCUT2D eigenvalue weighted by Crippen LogP contribution is 2.28. The number of hydrogen-bond acceptors (Lipinski definition) is 7. The fourth-order valence-corrected chi connectivity index (χ4v) is 1.66. The van der Waals surface area contributed by atoms with Gasteiger partial charge in [0.2, 0.25) is 0 Å². The van der Waals surface area contributed by atoms with Crippen LogP contribution in [0.2, 0.25) is 0 Å². The molecule has 1 heterocycles. The Kier molecular flexibility index (Phi) is 4.63. The molecule has 1 rings (SSSR count). The predicted octanol–water partition coefficient (Wildman–Crippen LogP) is -2.82. The van der Waals surface area contributed by atoms with Crippen LogP contribution in [0.3, 0.4) is 0 Å². The normalized spacial score (nSPS) is 43.9. The first-order chi connectivity index (χ1) is 6.97. The minimum Gasteiger partial charge on any atom is -0.394 e. The van der Waals surface area contributed by atoms with E-state index in [-0.39, 0.29) is 0 Å². The van der Waals surface area contributed by atoms with E-state index in [0.717, 1.165) is 0 Å². The highest BCUT2D eigenvalue weighted by atomic mass is 31.1. The lowest BCUT2D eigenvalue weighted by atomic mass is 10.00. The number of rotatable bonds is 3. The maximum Gasteiger partial charge on any atom is 0.318 e. The van der Waals surface area contributed by atoms with E-state index < -0.39 is 45.6 Å². The Balaban J connectivity index is 2.69. The molecule has 0 aromatic heterocycles. The van der Waals surface area contributed by atoms with Crippen molar-refractivity contribution in [2.24, 2.45) is 0 Å². The molecule has 6 atom stereocenters. The van der Waals surface area contributed by atoms with Crippen molar-refractivity contribution in [2.75, 3.05) is 6.61 Å². The zero-order valence-corrected chi connectivity index (χ0v) is 8.55. The van der Waals surface area contributed by atoms with E-state index >= 15 is 0 Å². The molecule has 1 aliphatic heterocycles. The lowest BCUT2D eigenvalue weighted by molar-refractivity contribution is -0.277. The van der Waals surface area contributed by atoms with E-state index in [0.29, 0.717) is 0 Å². The van der Waals surface area contributed by atoms with Gasteiger partial charge in [0.15, 0.2) is 6.29 Å². The van der Waals surface area contributed by atoms with Gasteiger partial charge in [0, 0.05) is 0 Å². The summed E-state index contributed by atoms with van der Waals surface area (Å²) in [6.07, 6.45) is -7.45. The van der Waals surface area contributed by atoms with Gasteiger partial charge < -0.3 is 30.1 Å². The third kappa shape index (κ3) is 2.96. The molecule has 1 aliphatic rings. The average Bonchev–Trinajstić information content (AvgIpc) is 2.18. The van der Waals surface area contributed by atoms with E-state index in [9.17, 15) is 19.9 Å². The zero-order chi connectivity index (χ0) is 11.6. The molecule has 0 amide bonds. The first-order valence-corrected chi connectivity index (χ1v) is 5.44. The molecule has 0 aromatic carbocycles. The van der Waals surface area contributed by atoms with Crippen LogP contribution in [0.4, 0.5) is 0 Å². The van der Waals surface area contributed by atoms with E-state index in [2.05, 4.69) is 4.52 Å². The lowest BCUT2D eigenvalue weighted by Gasteiger charge is -2.38. The Morgan fingerprint density at radius 2 is 1.80 bits per heavy atom. The number of ether oxygens (including phenoxy) is 1. The van der Waals surface area contributed by atoms with Crippen LogP contribution in [-0.4, -0.2) is 62.6 Å². The third-order valence-corrected chi connectivity index (χ3v) is 2.50. The van der Waals surface area contributed by atoms with Crippen molar-refractivity contribution >= 4 is 8.25 Å². The molecule has 1 saturated heterocycles. The molecule has 90 valence electrons. The van der Waals surface area contributed by atoms with Crippen LogP contribution < -0.4 is 0 Å². The molecule has 0 spiro atoms. The van der Waals surface area contributed by atoms with Crippen LogP contribution in [0.1, 0.15) is 0 Å². The van der Waals surface area contributed by atoms with Crippen LogP contribution in [0, 0.1) is 0 Å². The molecule has 9 heteroatoms. The van der Waals surface area contributed by atoms with Crippen LogP contribution in [0.25, 0.3) is 0 Å². The Morgan fingerprint density at radius 3 is 2.27 bits per heavy atom. The van der Waals surface area contributed by atoms with E-state index in [1.165, 1.54) is 0 Å². The summed E-state index contributed by atoms with van der Waals surface area (Å²) in [6.45, 7) is -0.614. The number of aliphatic hydroxyl groups excluding tert-OH is 4. The Labute approximate surface area is 85.6 Å². The van der Waals surface area contributed by atoms with Gasteiger partial charge in [-0.25, -0.2) is 0 Å². The Morgan fingerprint density at radius 1 is 1.20 bits per heavy atom. The summed E-state index contributed by atoms with van der Waals surface area (Å²) in [5.74, 6) is 0. The number of aliphatic hydroxyl groups is 4. The fourth-order valence-electron chi connectivity index (χ4n) is 1.26. The highest BCUT2D eigenvalue weighted by Gasteiger charge is 2.44. The average molecular weight is 244 g/mol. The van der Waals surface area contributed by atoms with Gasteiger partial charge in [-0.2, -0.15) is 0 Å². The summed E-state index contributed by atoms with van der Waals surface area (Å²) in [5, 5.41) is 36.6. The van der Waals surface area contributed by atoms with Crippen molar-refractivity contribution in [3.63, 3.8) is 0 Å². The van der Waals surface area contributed by atoms with Gasteiger partial charge in [0.25, 0.3) is 0 Å². The van der Waals surface area contributed by atoms with Gasteiger partial charge in [-0.05, 0) is 0 Å². The standard InChI is InChI=1S/C6H13O8P/c7-1-2-3(8)4(9)5(10)6(13-2)14-15(11)12/h2-10,15H,1H2,(H,11,12)/t2-,3-,4+,5+,6?/m1/s1. The molecule has 0 aromatic rings. The summed E-state index contributed by atoms with van der Waals surface area (Å²) >= 11 is 0. The summed E-state index contributed by atoms with van der Waals surface area (Å²) < 4.78 is 19.4. The van der Waals surface area contributed by atoms with E-state index in [1.54, 1.807) is 0 Å². The first-order valence-electron chi connectivity index (χ1n) is 4.17. The molecule has 0 aliphatic carbocycles. The van der Waals surface area contributed by atoms with Crippen LogP contribution in [-0.2, 0) is 13.8 Å². The van der Waals surface area contributed by atoms with Crippen LogP contribution in [0.5, 0.6) is 0 Å². The monoisotopic (exact) mass is 244 g/mol. The van der Waals surface area contributed by atoms with Gasteiger partial charge >= 0.3 is 8.25 Å². The zero-order valence-electron chi connectivity index (χ0n) is 7.55. The van der Waals surface area contributed by atoms with Crippen molar-refractivity contribution in [3.05, 3.63) is 0 Å². The van der Waals surface area contributed by atoms with E-state index in [4.69, 9.17) is 14.7 Å².